The summed E-state index contributed by atoms with van der Waals surface area (Å²) < 4.78 is 0.614. The molecular formula is C12H11NOS2. The Morgan fingerprint density at radius 2 is 1.94 bits per heavy atom. The van der Waals surface area contributed by atoms with Gasteiger partial charge in [0.1, 0.15) is 4.32 Å². The molecule has 0 aromatic heterocycles. The number of nitrogens with zero attached hydrogens (tertiary/aromatic N) is 1. The maximum Gasteiger partial charge on any atom is 0.265 e. The minimum Gasteiger partial charge on any atom is -0.296 e. The molecule has 82 valence electrons. The first kappa shape index (κ1) is 11.4. The molecule has 1 fully saturated rings. The molecule has 0 spiro atoms. The SMILES string of the molecule is Cc1ccc(/C=C2/SC(=S)N(C)C2=O)cc1. The van der Waals surface area contributed by atoms with Crippen molar-refractivity contribution in [1.29, 1.82) is 0 Å². The summed E-state index contributed by atoms with van der Waals surface area (Å²) in [7, 11) is 1.70. The summed E-state index contributed by atoms with van der Waals surface area (Å²) in [6.07, 6.45) is 1.88. The van der Waals surface area contributed by atoms with Gasteiger partial charge >= 0.3 is 0 Å². The van der Waals surface area contributed by atoms with Gasteiger partial charge in [-0.15, -0.1) is 0 Å². The predicted molar refractivity (Wildman–Crippen MR) is 72.1 cm³/mol. The van der Waals surface area contributed by atoms with E-state index >= 15 is 0 Å². The molecule has 1 aliphatic heterocycles. The average molecular weight is 249 g/mol. The van der Waals surface area contributed by atoms with E-state index in [9.17, 15) is 4.79 Å². The summed E-state index contributed by atoms with van der Waals surface area (Å²) in [6, 6.07) is 8.05. The van der Waals surface area contributed by atoms with Crippen molar-refractivity contribution in [2.24, 2.45) is 0 Å². The lowest BCUT2D eigenvalue weighted by Gasteiger charge is -2.03. The highest BCUT2D eigenvalue weighted by Crippen LogP contribution is 2.31. The standard InChI is InChI=1S/C12H11NOS2/c1-8-3-5-9(6-4-8)7-10-11(14)13(2)12(15)16-10/h3-7H,1-2H3/b10-7+. The lowest BCUT2D eigenvalue weighted by atomic mass is 10.1. The van der Waals surface area contributed by atoms with E-state index in [1.54, 1.807) is 7.05 Å². The molecule has 2 nitrogen and oxygen atoms in total. The Morgan fingerprint density at radius 1 is 1.31 bits per heavy atom. The first-order valence-corrected chi connectivity index (χ1v) is 6.08. The third-order valence-corrected chi connectivity index (χ3v) is 3.85. The zero-order valence-electron chi connectivity index (χ0n) is 9.06. The van der Waals surface area contributed by atoms with Crippen molar-refractivity contribution in [2.75, 3.05) is 7.05 Å². The molecule has 1 amide bonds. The first-order chi connectivity index (χ1) is 7.58. The second-order valence-corrected chi connectivity index (χ2v) is 5.33. The highest BCUT2D eigenvalue weighted by Gasteiger charge is 2.28. The largest absolute Gasteiger partial charge is 0.296 e. The van der Waals surface area contributed by atoms with E-state index in [0.29, 0.717) is 9.23 Å². The molecule has 0 bridgehead atoms. The van der Waals surface area contributed by atoms with Crippen molar-refractivity contribution >= 4 is 40.3 Å². The fourth-order valence-electron chi connectivity index (χ4n) is 1.36. The molecular weight excluding hydrogens is 238 g/mol. The van der Waals surface area contributed by atoms with Crippen molar-refractivity contribution in [3.8, 4) is 0 Å². The van der Waals surface area contributed by atoms with Crippen LogP contribution < -0.4 is 0 Å². The smallest absolute Gasteiger partial charge is 0.265 e. The number of likely N-dealkylation sites (N-methyl/N-ethyl adjacent to an activating group) is 1. The highest BCUT2D eigenvalue weighted by molar-refractivity contribution is 8.26. The Hall–Kier alpha value is -1.13. The number of carbonyl (C=O) groups is 1. The third kappa shape index (κ3) is 2.18. The molecule has 16 heavy (non-hydrogen) atoms. The lowest BCUT2D eigenvalue weighted by Crippen LogP contribution is -2.22. The van der Waals surface area contributed by atoms with E-state index in [2.05, 4.69) is 0 Å². The zero-order valence-corrected chi connectivity index (χ0v) is 10.7. The number of benzene rings is 1. The van der Waals surface area contributed by atoms with Gasteiger partial charge in [0.25, 0.3) is 5.91 Å². The second kappa shape index (κ2) is 4.39. The molecule has 4 heteroatoms. The van der Waals surface area contributed by atoms with Gasteiger partial charge in [0.15, 0.2) is 0 Å². The van der Waals surface area contributed by atoms with Gasteiger partial charge in [-0.05, 0) is 18.6 Å². The van der Waals surface area contributed by atoms with E-state index in [1.165, 1.54) is 22.2 Å². The van der Waals surface area contributed by atoms with E-state index < -0.39 is 0 Å². The van der Waals surface area contributed by atoms with Gasteiger partial charge in [-0.2, -0.15) is 0 Å². The Bertz CT molecular complexity index is 476. The Labute approximate surface area is 104 Å². The highest BCUT2D eigenvalue weighted by atomic mass is 32.2. The quantitative estimate of drug-likeness (QED) is 0.564. The van der Waals surface area contributed by atoms with Crippen molar-refractivity contribution in [3.05, 3.63) is 40.3 Å². The number of thiocarbonyl (C=S) groups is 1. The summed E-state index contributed by atoms with van der Waals surface area (Å²) in [6.45, 7) is 2.04. The summed E-state index contributed by atoms with van der Waals surface area (Å²) >= 11 is 6.41. The van der Waals surface area contributed by atoms with Crippen molar-refractivity contribution in [1.82, 2.24) is 4.90 Å². The Balaban J connectivity index is 2.29. The van der Waals surface area contributed by atoms with E-state index in [4.69, 9.17) is 12.2 Å². The van der Waals surface area contributed by atoms with Gasteiger partial charge < -0.3 is 0 Å². The van der Waals surface area contributed by atoms with E-state index in [0.717, 1.165) is 5.56 Å². The van der Waals surface area contributed by atoms with Crippen molar-refractivity contribution in [3.63, 3.8) is 0 Å². The van der Waals surface area contributed by atoms with Crippen LogP contribution >= 0.6 is 24.0 Å². The average Bonchev–Trinajstić information content (AvgIpc) is 2.50. The molecule has 0 radical (unpaired) electrons. The minimum atomic E-state index is -0.0180. The number of hydrogen-bond acceptors (Lipinski definition) is 3. The Kier molecular flexibility index (Phi) is 3.12. The number of aryl methyl sites for hydroxylation is 1. The Morgan fingerprint density at radius 3 is 2.44 bits per heavy atom. The van der Waals surface area contributed by atoms with Crippen LogP contribution in [0.2, 0.25) is 0 Å². The van der Waals surface area contributed by atoms with Crippen LogP contribution in [0.3, 0.4) is 0 Å². The molecule has 1 aromatic rings. The molecule has 1 aliphatic rings. The number of amides is 1. The summed E-state index contributed by atoms with van der Waals surface area (Å²) in [5.74, 6) is -0.0180. The molecule has 0 saturated carbocycles. The first-order valence-electron chi connectivity index (χ1n) is 4.86. The van der Waals surface area contributed by atoms with E-state index in [-0.39, 0.29) is 5.91 Å². The maximum absolute atomic E-state index is 11.7. The molecule has 1 saturated heterocycles. The molecule has 0 N–H and O–H groups in total. The maximum atomic E-state index is 11.7. The number of carbonyl (C=O) groups excluding carboxylic acids is 1. The van der Waals surface area contributed by atoms with Gasteiger partial charge in [0.05, 0.1) is 4.91 Å². The molecule has 1 aromatic carbocycles. The summed E-state index contributed by atoms with van der Waals surface area (Å²) in [4.78, 5) is 13.9. The van der Waals surface area contributed by atoms with Crippen LogP contribution in [-0.2, 0) is 4.79 Å². The molecule has 0 atom stereocenters. The molecule has 0 unspecified atom stereocenters. The van der Waals surface area contributed by atoms with Crippen LogP contribution in [0.1, 0.15) is 11.1 Å². The minimum absolute atomic E-state index is 0.0180. The number of thioether (sulfide) groups is 1. The monoisotopic (exact) mass is 249 g/mol. The number of rotatable bonds is 1. The second-order valence-electron chi connectivity index (χ2n) is 3.65. The normalized spacial score (nSPS) is 18.6. The van der Waals surface area contributed by atoms with Crippen molar-refractivity contribution in [2.45, 2.75) is 6.92 Å². The lowest BCUT2D eigenvalue weighted by molar-refractivity contribution is -0.121. The third-order valence-electron chi connectivity index (χ3n) is 2.36. The molecule has 2 rings (SSSR count). The fourth-order valence-corrected chi connectivity index (χ4v) is 2.54. The van der Waals surface area contributed by atoms with Crippen LogP contribution in [0.15, 0.2) is 29.2 Å². The predicted octanol–water partition coefficient (Wildman–Crippen LogP) is 2.83. The van der Waals surface area contributed by atoms with Gasteiger partial charge in [0, 0.05) is 7.05 Å². The molecule has 0 aliphatic carbocycles. The van der Waals surface area contributed by atoms with Crippen LogP contribution in [0.25, 0.3) is 6.08 Å². The van der Waals surface area contributed by atoms with Crippen molar-refractivity contribution < 1.29 is 4.79 Å². The van der Waals surface area contributed by atoms with Gasteiger partial charge in [-0.25, -0.2) is 0 Å². The summed E-state index contributed by atoms with van der Waals surface area (Å²) in [5, 5.41) is 0. The van der Waals surface area contributed by atoms with Gasteiger partial charge in [-0.1, -0.05) is 53.8 Å². The van der Waals surface area contributed by atoms with Gasteiger partial charge in [0.2, 0.25) is 0 Å². The fraction of sp³-hybridized carbons (Fsp3) is 0.167. The van der Waals surface area contributed by atoms with Crippen LogP contribution in [0, 0.1) is 6.92 Å². The van der Waals surface area contributed by atoms with E-state index in [1.807, 2.05) is 37.3 Å². The summed E-state index contributed by atoms with van der Waals surface area (Å²) in [5.41, 5.74) is 2.24. The van der Waals surface area contributed by atoms with Gasteiger partial charge in [-0.3, -0.25) is 9.69 Å². The van der Waals surface area contributed by atoms with Crippen LogP contribution in [-0.4, -0.2) is 22.2 Å². The zero-order chi connectivity index (χ0) is 11.7. The van der Waals surface area contributed by atoms with Crippen LogP contribution in [0.5, 0.6) is 0 Å². The number of hydrogen-bond donors (Lipinski definition) is 0. The van der Waals surface area contributed by atoms with Crippen LogP contribution in [0.4, 0.5) is 0 Å². The molecule has 1 heterocycles. The topological polar surface area (TPSA) is 20.3 Å².